The molecule has 0 spiro atoms. The van der Waals surface area contributed by atoms with Gasteiger partial charge in [-0.05, 0) is 24.1 Å². The number of ether oxygens (including phenoxy) is 2. The number of aliphatic hydroxyl groups excluding tert-OH is 1. The van der Waals surface area contributed by atoms with Crippen molar-refractivity contribution in [1.29, 1.82) is 0 Å². The molecule has 0 aliphatic carbocycles. The first-order valence-corrected chi connectivity index (χ1v) is 10.2. The molecule has 4 rings (SSSR count). The molecule has 1 saturated heterocycles. The zero-order valence-electron chi connectivity index (χ0n) is 17.4. The van der Waals surface area contributed by atoms with E-state index in [0.29, 0.717) is 24.9 Å². The Morgan fingerprint density at radius 3 is 2.67 bits per heavy atom. The molecule has 0 radical (unpaired) electrons. The number of morpholine rings is 1. The van der Waals surface area contributed by atoms with Crippen LogP contribution in [0, 0.1) is 0 Å². The van der Waals surface area contributed by atoms with Crippen LogP contribution in [0.25, 0.3) is 17.1 Å². The van der Waals surface area contributed by atoms with E-state index in [1.54, 1.807) is 4.68 Å². The third-order valence-electron chi connectivity index (χ3n) is 5.24. The predicted octanol–water partition coefficient (Wildman–Crippen LogP) is 2.41. The molecule has 30 heavy (non-hydrogen) atoms. The summed E-state index contributed by atoms with van der Waals surface area (Å²) in [6.07, 6.45) is 2.27. The monoisotopic (exact) mass is 409 g/mol. The first-order chi connectivity index (χ1) is 14.7. The van der Waals surface area contributed by atoms with Gasteiger partial charge in [0.05, 0.1) is 25.5 Å². The van der Waals surface area contributed by atoms with Gasteiger partial charge in [-0.25, -0.2) is 14.6 Å². The maximum Gasteiger partial charge on any atom is 0.164 e. The zero-order chi connectivity index (χ0) is 20.9. The summed E-state index contributed by atoms with van der Waals surface area (Å²) in [7, 11) is 1.54. The van der Waals surface area contributed by atoms with Crippen LogP contribution < -0.4 is 4.90 Å². The minimum Gasteiger partial charge on any atom is -0.393 e. The van der Waals surface area contributed by atoms with E-state index in [0.717, 1.165) is 36.6 Å². The van der Waals surface area contributed by atoms with E-state index in [1.807, 2.05) is 18.3 Å². The molecule has 1 fully saturated rings. The number of anilines is 1. The summed E-state index contributed by atoms with van der Waals surface area (Å²) in [5.41, 5.74) is 3.22. The topological polar surface area (TPSA) is 85.5 Å². The molecular weight excluding hydrogens is 382 g/mol. The lowest BCUT2D eigenvalue weighted by Crippen LogP contribution is -2.37. The van der Waals surface area contributed by atoms with Gasteiger partial charge in [0.25, 0.3) is 0 Å². The molecule has 0 bridgehead atoms. The highest BCUT2D eigenvalue weighted by atomic mass is 16.5. The molecule has 0 saturated carbocycles. The van der Waals surface area contributed by atoms with Gasteiger partial charge in [0.2, 0.25) is 0 Å². The van der Waals surface area contributed by atoms with E-state index in [-0.39, 0.29) is 6.61 Å². The number of hydrogen-bond donors (Lipinski definition) is 1. The lowest BCUT2D eigenvalue weighted by Gasteiger charge is -2.28. The maximum absolute atomic E-state index is 9.68. The Morgan fingerprint density at radius 1 is 1.13 bits per heavy atom. The van der Waals surface area contributed by atoms with Crippen molar-refractivity contribution in [2.45, 2.75) is 19.4 Å². The fourth-order valence-corrected chi connectivity index (χ4v) is 3.47. The fraction of sp³-hybridized carbons (Fsp3) is 0.409. The van der Waals surface area contributed by atoms with Crippen molar-refractivity contribution >= 4 is 5.82 Å². The molecule has 1 N–H and O–H groups in total. The number of methoxy groups -OCH3 is 1. The highest BCUT2D eigenvalue weighted by molar-refractivity contribution is 5.60. The van der Waals surface area contributed by atoms with E-state index >= 15 is 0 Å². The van der Waals surface area contributed by atoms with Gasteiger partial charge in [0.1, 0.15) is 11.9 Å². The van der Waals surface area contributed by atoms with E-state index < -0.39 is 6.10 Å². The van der Waals surface area contributed by atoms with Gasteiger partial charge in [0, 0.05) is 38.0 Å². The molecule has 2 aromatic heterocycles. The quantitative estimate of drug-likeness (QED) is 0.641. The van der Waals surface area contributed by atoms with Crippen LogP contribution in [0.1, 0.15) is 24.4 Å². The number of aryl methyl sites for hydroxylation is 1. The molecule has 3 aromatic rings. The molecule has 1 aromatic carbocycles. The van der Waals surface area contributed by atoms with Crippen LogP contribution in [0.3, 0.4) is 0 Å². The zero-order valence-corrected chi connectivity index (χ0v) is 17.4. The van der Waals surface area contributed by atoms with Crippen molar-refractivity contribution in [3.8, 4) is 17.1 Å². The van der Waals surface area contributed by atoms with Gasteiger partial charge in [-0.2, -0.15) is 5.10 Å². The fourth-order valence-electron chi connectivity index (χ4n) is 3.47. The Morgan fingerprint density at radius 2 is 1.93 bits per heavy atom. The standard InChI is InChI=1S/C22H27N5O3/c1-3-16-5-4-6-17(13-16)18-7-8-27(25-18)21-14-20(26-9-11-30-12-10-26)23-22(24-21)19(15-28)29-2/h4-8,13-14,19,28H,3,9-12,15H2,1-2H3/t19-/m0/s1. The summed E-state index contributed by atoms with van der Waals surface area (Å²) in [5.74, 6) is 1.85. The van der Waals surface area contributed by atoms with Gasteiger partial charge in [0.15, 0.2) is 11.6 Å². The third kappa shape index (κ3) is 4.35. The number of rotatable bonds is 7. The SMILES string of the molecule is CCc1cccc(-c2ccn(-c3cc(N4CCOCC4)nc([C@H](CO)OC)n3)n2)c1. The van der Waals surface area contributed by atoms with Crippen molar-refractivity contribution in [2.24, 2.45) is 0 Å². The van der Waals surface area contributed by atoms with Gasteiger partial charge in [-0.15, -0.1) is 0 Å². The van der Waals surface area contributed by atoms with Crippen LogP contribution >= 0.6 is 0 Å². The van der Waals surface area contributed by atoms with E-state index in [1.165, 1.54) is 12.7 Å². The number of aliphatic hydroxyl groups is 1. The summed E-state index contributed by atoms with van der Waals surface area (Å²) < 4.78 is 12.6. The van der Waals surface area contributed by atoms with Gasteiger partial charge in [-0.1, -0.05) is 25.1 Å². The van der Waals surface area contributed by atoms with E-state index in [9.17, 15) is 5.11 Å². The molecular formula is C22H27N5O3. The Kier molecular flexibility index (Phi) is 6.37. The minimum atomic E-state index is -0.596. The van der Waals surface area contributed by atoms with Crippen molar-refractivity contribution in [1.82, 2.24) is 19.7 Å². The van der Waals surface area contributed by atoms with Crippen molar-refractivity contribution in [2.75, 3.05) is 44.9 Å². The van der Waals surface area contributed by atoms with Crippen LogP contribution in [0.15, 0.2) is 42.6 Å². The molecule has 1 aliphatic heterocycles. The number of hydrogen-bond acceptors (Lipinski definition) is 7. The molecule has 8 nitrogen and oxygen atoms in total. The number of aromatic nitrogens is 4. The van der Waals surface area contributed by atoms with Gasteiger partial charge in [-0.3, -0.25) is 0 Å². The number of nitrogens with zero attached hydrogens (tertiary/aromatic N) is 5. The smallest absolute Gasteiger partial charge is 0.164 e. The van der Waals surface area contributed by atoms with Crippen molar-refractivity contribution in [3.63, 3.8) is 0 Å². The highest BCUT2D eigenvalue weighted by Gasteiger charge is 2.20. The normalized spacial score (nSPS) is 15.4. The van der Waals surface area contributed by atoms with Crippen LogP contribution in [-0.4, -0.2) is 64.9 Å². The van der Waals surface area contributed by atoms with Gasteiger partial charge < -0.3 is 19.5 Å². The lowest BCUT2D eigenvalue weighted by atomic mass is 10.1. The Balaban J connectivity index is 1.72. The molecule has 0 amide bonds. The molecule has 0 unspecified atom stereocenters. The summed E-state index contributed by atoms with van der Waals surface area (Å²) in [4.78, 5) is 11.4. The summed E-state index contributed by atoms with van der Waals surface area (Å²) in [5, 5.41) is 14.4. The van der Waals surface area contributed by atoms with Crippen molar-refractivity contribution in [3.05, 3.63) is 54.0 Å². The van der Waals surface area contributed by atoms with Crippen LogP contribution in [0.2, 0.25) is 0 Å². The summed E-state index contributed by atoms with van der Waals surface area (Å²) in [6, 6.07) is 12.3. The predicted molar refractivity (Wildman–Crippen MR) is 114 cm³/mol. The molecule has 158 valence electrons. The van der Waals surface area contributed by atoms with Crippen LogP contribution in [0.5, 0.6) is 0 Å². The molecule has 1 aliphatic rings. The third-order valence-corrected chi connectivity index (χ3v) is 5.24. The second-order valence-corrected chi connectivity index (χ2v) is 7.15. The first-order valence-electron chi connectivity index (χ1n) is 10.2. The highest BCUT2D eigenvalue weighted by Crippen LogP contribution is 2.23. The van der Waals surface area contributed by atoms with Gasteiger partial charge >= 0.3 is 0 Å². The van der Waals surface area contributed by atoms with Crippen molar-refractivity contribution < 1.29 is 14.6 Å². The summed E-state index contributed by atoms with van der Waals surface area (Å²) >= 11 is 0. The summed E-state index contributed by atoms with van der Waals surface area (Å²) in [6.45, 7) is 4.75. The average molecular weight is 409 g/mol. The lowest BCUT2D eigenvalue weighted by molar-refractivity contribution is 0.0422. The van der Waals surface area contributed by atoms with E-state index in [2.05, 4.69) is 46.1 Å². The maximum atomic E-state index is 9.68. The second-order valence-electron chi connectivity index (χ2n) is 7.15. The minimum absolute atomic E-state index is 0.198. The van der Waals surface area contributed by atoms with E-state index in [4.69, 9.17) is 14.6 Å². The average Bonchev–Trinajstić information content (AvgIpc) is 3.31. The Hall–Kier alpha value is -2.81. The number of benzene rings is 1. The van der Waals surface area contributed by atoms with Crippen LogP contribution in [0.4, 0.5) is 5.82 Å². The Bertz CT molecular complexity index is 980. The largest absolute Gasteiger partial charge is 0.393 e. The van der Waals surface area contributed by atoms with Crippen LogP contribution in [-0.2, 0) is 15.9 Å². The Labute approximate surface area is 176 Å². The molecule has 1 atom stereocenters. The first kappa shape index (κ1) is 20.5. The molecule has 8 heteroatoms. The molecule has 3 heterocycles. The second kappa shape index (κ2) is 9.34.